The Bertz CT molecular complexity index is 840. The van der Waals surface area contributed by atoms with Crippen molar-refractivity contribution >= 4 is 17.4 Å². The van der Waals surface area contributed by atoms with Gasteiger partial charge in [0.15, 0.2) is 0 Å². The molecule has 6 nitrogen and oxygen atoms in total. The average Bonchev–Trinajstić information content (AvgIpc) is 2.67. The summed E-state index contributed by atoms with van der Waals surface area (Å²) in [6.07, 6.45) is 1.76. The van der Waals surface area contributed by atoms with Crippen molar-refractivity contribution in [2.24, 2.45) is 0 Å². The van der Waals surface area contributed by atoms with E-state index in [0.717, 1.165) is 13.1 Å². The fourth-order valence-corrected chi connectivity index (χ4v) is 3.34. The Balaban J connectivity index is 1.69. The van der Waals surface area contributed by atoms with Crippen LogP contribution in [0, 0.1) is 20.8 Å². The van der Waals surface area contributed by atoms with Gasteiger partial charge in [-0.15, -0.1) is 6.58 Å². The van der Waals surface area contributed by atoms with Crippen LogP contribution in [0.1, 0.15) is 27.4 Å². The van der Waals surface area contributed by atoms with Crippen molar-refractivity contribution in [3.05, 3.63) is 59.6 Å². The number of piperazine rings is 1. The van der Waals surface area contributed by atoms with Gasteiger partial charge in [-0.25, -0.2) is 9.97 Å². The summed E-state index contributed by atoms with van der Waals surface area (Å²) in [5, 5.41) is 3.13. The minimum atomic E-state index is -0.0391. The van der Waals surface area contributed by atoms with Crippen molar-refractivity contribution in [1.29, 1.82) is 0 Å². The number of benzene rings is 1. The number of hydrogen-bond acceptors (Lipinski definition) is 5. The van der Waals surface area contributed by atoms with E-state index in [1.54, 1.807) is 19.1 Å². The molecule has 1 saturated heterocycles. The van der Waals surface area contributed by atoms with Gasteiger partial charge in [0, 0.05) is 44.5 Å². The molecule has 6 heteroatoms. The van der Waals surface area contributed by atoms with E-state index < -0.39 is 0 Å². The van der Waals surface area contributed by atoms with Gasteiger partial charge in [0.2, 0.25) is 0 Å². The molecular weight excluding hydrogens is 338 g/mol. The summed E-state index contributed by atoms with van der Waals surface area (Å²) in [6, 6.07) is 8.10. The standard InChI is InChI=1S/C21H27N5O/c1-5-9-22-20-14-18(23-17(4)24-20)21(27)26-12-10-25(11-13-26)19-8-6-7-15(2)16(19)3/h5-8,14H,1,9-13H2,2-4H3,(H,22,23,24). The van der Waals surface area contributed by atoms with Crippen molar-refractivity contribution in [1.82, 2.24) is 14.9 Å². The second-order valence-electron chi connectivity index (χ2n) is 6.85. The van der Waals surface area contributed by atoms with Crippen molar-refractivity contribution < 1.29 is 4.79 Å². The fraction of sp³-hybridized carbons (Fsp3) is 0.381. The minimum Gasteiger partial charge on any atom is -0.368 e. The second-order valence-corrected chi connectivity index (χ2v) is 6.85. The first-order chi connectivity index (χ1) is 13.0. The first-order valence-electron chi connectivity index (χ1n) is 9.30. The minimum absolute atomic E-state index is 0.0391. The summed E-state index contributed by atoms with van der Waals surface area (Å²) in [7, 11) is 0. The third-order valence-electron chi connectivity index (χ3n) is 4.97. The summed E-state index contributed by atoms with van der Waals surface area (Å²) in [4.78, 5) is 25.8. The van der Waals surface area contributed by atoms with Crippen molar-refractivity contribution in [2.45, 2.75) is 20.8 Å². The smallest absolute Gasteiger partial charge is 0.272 e. The van der Waals surface area contributed by atoms with Gasteiger partial charge >= 0.3 is 0 Å². The molecule has 1 aliphatic heterocycles. The molecule has 142 valence electrons. The van der Waals surface area contributed by atoms with Gasteiger partial charge in [-0.3, -0.25) is 4.79 Å². The number of carbonyl (C=O) groups is 1. The lowest BCUT2D eigenvalue weighted by atomic mass is 10.1. The molecule has 2 aromatic rings. The summed E-state index contributed by atoms with van der Waals surface area (Å²) in [5.41, 5.74) is 4.30. The lowest BCUT2D eigenvalue weighted by Crippen LogP contribution is -2.49. The van der Waals surface area contributed by atoms with Crippen molar-refractivity contribution in [3.63, 3.8) is 0 Å². The van der Waals surface area contributed by atoms with Gasteiger partial charge in [-0.05, 0) is 38.0 Å². The maximum atomic E-state index is 12.9. The number of aryl methyl sites for hydroxylation is 2. The molecule has 3 rings (SSSR count). The molecule has 2 heterocycles. The number of carbonyl (C=O) groups excluding carboxylic acids is 1. The van der Waals surface area contributed by atoms with Crippen molar-refractivity contribution in [2.75, 3.05) is 42.9 Å². The summed E-state index contributed by atoms with van der Waals surface area (Å²) >= 11 is 0. The number of aromatic nitrogens is 2. The Morgan fingerprint density at radius 1 is 1.19 bits per heavy atom. The van der Waals surface area contributed by atoms with E-state index in [2.05, 4.69) is 58.8 Å². The topological polar surface area (TPSA) is 61.4 Å². The van der Waals surface area contributed by atoms with Gasteiger partial charge in [-0.1, -0.05) is 18.2 Å². The van der Waals surface area contributed by atoms with Gasteiger partial charge in [0.1, 0.15) is 17.3 Å². The number of rotatable bonds is 5. The highest BCUT2D eigenvalue weighted by Crippen LogP contribution is 2.24. The van der Waals surface area contributed by atoms with Crippen LogP contribution in [0.5, 0.6) is 0 Å². The molecule has 0 atom stereocenters. The largest absolute Gasteiger partial charge is 0.368 e. The summed E-state index contributed by atoms with van der Waals surface area (Å²) < 4.78 is 0. The lowest BCUT2D eigenvalue weighted by molar-refractivity contribution is 0.0740. The molecule has 0 aliphatic carbocycles. The van der Waals surface area contributed by atoms with E-state index in [9.17, 15) is 4.79 Å². The van der Waals surface area contributed by atoms with Gasteiger partial charge in [-0.2, -0.15) is 0 Å². The quantitative estimate of drug-likeness (QED) is 0.826. The molecule has 27 heavy (non-hydrogen) atoms. The number of anilines is 2. The zero-order valence-corrected chi connectivity index (χ0v) is 16.3. The van der Waals surface area contributed by atoms with E-state index in [-0.39, 0.29) is 5.91 Å². The van der Waals surface area contributed by atoms with Crippen LogP contribution in [0.4, 0.5) is 11.5 Å². The van der Waals surface area contributed by atoms with Gasteiger partial charge in [0.25, 0.3) is 5.91 Å². The normalized spacial score (nSPS) is 14.2. The van der Waals surface area contributed by atoms with Crippen molar-refractivity contribution in [3.8, 4) is 0 Å². The third kappa shape index (κ3) is 4.27. The molecular formula is C21H27N5O. The molecule has 1 amide bonds. The van der Waals surface area contributed by atoms with Crippen LogP contribution in [0.25, 0.3) is 0 Å². The molecule has 0 bridgehead atoms. The number of hydrogen-bond donors (Lipinski definition) is 1. The Hall–Kier alpha value is -2.89. The predicted molar refractivity (Wildman–Crippen MR) is 109 cm³/mol. The first-order valence-corrected chi connectivity index (χ1v) is 9.30. The molecule has 1 fully saturated rings. The Morgan fingerprint density at radius 2 is 1.93 bits per heavy atom. The SMILES string of the molecule is C=CCNc1cc(C(=O)N2CCN(c3cccc(C)c3C)CC2)nc(C)n1. The Morgan fingerprint density at radius 3 is 2.63 bits per heavy atom. The fourth-order valence-electron chi connectivity index (χ4n) is 3.34. The first kappa shape index (κ1) is 18.9. The molecule has 1 N–H and O–H groups in total. The maximum Gasteiger partial charge on any atom is 0.272 e. The van der Waals surface area contributed by atoms with E-state index in [0.29, 0.717) is 37.0 Å². The van der Waals surface area contributed by atoms with Gasteiger partial charge in [0.05, 0.1) is 0 Å². The molecule has 1 aromatic heterocycles. The van der Waals surface area contributed by atoms with Crippen LogP contribution in [0.15, 0.2) is 36.9 Å². The molecule has 0 unspecified atom stereocenters. The highest BCUT2D eigenvalue weighted by atomic mass is 16.2. The highest BCUT2D eigenvalue weighted by Gasteiger charge is 2.24. The Labute approximate surface area is 160 Å². The van der Waals surface area contributed by atoms with E-state index in [1.165, 1.54) is 16.8 Å². The van der Waals surface area contributed by atoms with E-state index in [1.807, 2.05) is 4.90 Å². The maximum absolute atomic E-state index is 12.9. The number of nitrogens with zero attached hydrogens (tertiary/aromatic N) is 4. The predicted octanol–water partition coefficient (Wildman–Crippen LogP) is 2.96. The summed E-state index contributed by atoms with van der Waals surface area (Å²) in [6.45, 7) is 13.4. The van der Waals surface area contributed by atoms with Crippen LogP contribution in [-0.4, -0.2) is 53.5 Å². The molecule has 1 aromatic carbocycles. The van der Waals surface area contributed by atoms with Crippen LogP contribution >= 0.6 is 0 Å². The van der Waals surface area contributed by atoms with Gasteiger partial charge < -0.3 is 15.1 Å². The zero-order chi connectivity index (χ0) is 19.4. The average molecular weight is 365 g/mol. The van der Waals surface area contributed by atoms with E-state index >= 15 is 0 Å². The summed E-state index contributed by atoms with van der Waals surface area (Å²) in [5.74, 6) is 1.20. The number of nitrogens with one attached hydrogen (secondary N) is 1. The van der Waals surface area contributed by atoms with Crippen LogP contribution < -0.4 is 10.2 Å². The monoisotopic (exact) mass is 365 g/mol. The van der Waals surface area contributed by atoms with Crippen LogP contribution in [-0.2, 0) is 0 Å². The zero-order valence-electron chi connectivity index (χ0n) is 16.3. The molecule has 1 aliphatic rings. The second kappa shape index (κ2) is 8.20. The Kier molecular flexibility index (Phi) is 5.74. The molecule has 0 spiro atoms. The lowest BCUT2D eigenvalue weighted by Gasteiger charge is -2.37. The third-order valence-corrected chi connectivity index (χ3v) is 4.97. The molecule has 0 saturated carbocycles. The molecule has 0 radical (unpaired) electrons. The highest BCUT2D eigenvalue weighted by molar-refractivity contribution is 5.93. The number of amides is 1. The van der Waals surface area contributed by atoms with E-state index in [4.69, 9.17) is 0 Å². The van der Waals surface area contributed by atoms with Crippen LogP contribution in [0.2, 0.25) is 0 Å². The van der Waals surface area contributed by atoms with Crippen LogP contribution in [0.3, 0.4) is 0 Å².